The third-order valence-corrected chi connectivity index (χ3v) is 4.17. The number of nitrogens with zero attached hydrogens (tertiary/aromatic N) is 1. The molecule has 0 radical (unpaired) electrons. The first-order valence-electron chi connectivity index (χ1n) is 6.54. The van der Waals surface area contributed by atoms with Crippen LogP contribution in [0, 0.1) is 0 Å². The van der Waals surface area contributed by atoms with Crippen LogP contribution in [-0.2, 0) is 9.31 Å². The van der Waals surface area contributed by atoms with Crippen LogP contribution >= 0.6 is 11.6 Å². The average Bonchev–Trinajstić information content (AvgIpc) is 2.57. The highest BCUT2D eigenvalue weighted by atomic mass is 35.5. The molecular formula is C14H19BClNO3. The Balaban J connectivity index is 2.29. The van der Waals surface area contributed by atoms with Crippen molar-refractivity contribution in [1.29, 1.82) is 0 Å². The second kappa shape index (κ2) is 5.49. The molecule has 1 saturated heterocycles. The largest absolute Gasteiger partial charge is 0.492 e. The summed E-state index contributed by atoms with van der Waals surface area (Å²) in [6.45, 7) is 7.70. The molecule has 0 saturated carbocycles. The first kappa shape index (κ1) is 15.5. The van der Waals surface area contributed by atoms with Crippen LogP contribution in [0.15, 0.2) is 23.8 Å². The number of pyridine rings is 1. The summed E-state index contributed by atoms with van der Waals surface area (Å²) in [4.78, 5) is 4.18. The van der Waals surface area contributed by atoms with Crippen LogP contribution in [-0.4, -0.2) is 35.0 Å². The van der Waals surface area contributed by atoms with Crippen LogP contribution in [0.2, 0.25) is 5.02 Å². The minimum Gasteiger partial charge on any atom is -0.400 e. The van der Waals surface area contributed by atoms with Gasteiger partial charge in [-0.3, -0.25) is 4.98 Å². The molecule has 1 aliphatic heterocycles. The Bertz CT molecular complexity index is 515. The molecule has 1 fully saturated rings. The van der Waals surface area contributed by atoms with E-state index in [1.807, 2.05) is 27.7 Å². The maximum atomic E-state index is 9.58. The van der Waals surface area contributed by atoms with Gasteiger partial charge in [0.1, 0.15) is 0 Å². The molecule has 0 bridgehead atoms. The summed E-state index contributed by atoms with van der Waals surface area (Å²) in [6.07, 6.45) is 3.36. The van der Waals surface area contributed by atoms with Crippen LogP contribution in [0.4, 0.5) is 0 Å². The molecular weight excluding hydrogens is 276 g/mol. The molecule has 0 aromatic carbocycles. The van der Waals surface area contributed by atoms with Crippen molar-refractivity contribution >= 4 is 24.8 Å². The van der Waals surface area contributed by atoms with Crippen molar-refractivity contribution in [3.63, 3.8) is 0 Å². The van der Waals surface area contributed by atoms with Gasteiger partial charge in [0.25, 0.3) is 0 Å². The molecule has 2 heterocycles. The van der Waals surface area contributed by atoms with Gasteiger partial charge in [0.2, 0.25) is 0 Å². The van der Waals surface area contributed by atoms with Gasteiger partial charge in [-0.05, 0) is 51.4 Å². The molecule has 1 aromatic rings. The molecule has 2 rings (SSSR count). The highest BCUT2D eigenvalue weighted by Crippen LogP contribution is 2.38. The van der Waals surface area contributed by atoms with Crippen molar-refractivity contribution < 1.29 is 14.4 Å². The predicted molar refractivity (Wildman–Crippen MR) is 80.4 cm³/mol. The van der Waals surface area contributed by atoms with Gasteiger partial charge in [0.15, 0.2) is 0 Å². The Labute approximate surface area is 124 Å². The number of hydrogen-bond donors (Lipinski definition) is 1. The third kappa shape index (κ3) is 2.91. The van der Waals surface area contributed by atoms with Gasteiger partial charge in [0, 0.05) is 6.20 Å². The van der Waals surface area contributed by atoms with E-state index in [0.29, 0.717) is 16.2 Å². The minimum absolute atomic E-state index is 0.177. The Hall–Kier alpha value is -0.875. The van der Waals surface area contributed by atoms with Crippen LogP contribution in [0.5, 0.6) is 0 Å². The molecule has 1 N–H and O–H groups in total. The standard InChI is InChI=1S/C14H19BClNO3/c1-13(2)14(3,4)20-15(19-13)10(9-18)8-12-11(16)6-5-7-17-12/h5-8,18H,9H2,1-4H3. The van der Waals surface area contributed by atoms with E-state index in [0.717, 1.165) is 0 Å². The van der Waals surface area contributed by atoms with E-state index in [1.165, 1.54) is 0 Å². The highest BCUT2D eigenvalue weighted by molar-refractivity contribution is 6.56. The first-order chi connectivity index (χ1) is 9.27. The smallest absolute Gasteiger partial charge is 0.400 e. The van der Waals surface area contributed by atoms with E-state index in [-0.39, 0.29) is 6.61 Å². The zero-order valence-corrected chi connectivity index (χ0v) is 12.9. The van der Waals surface area contributed by atoms with Gasteiger partial charge >= 0.3 is 7.12 Å². The Morgan fingerprint density at radius 3 is 2.45 bits per heavy atom. The maximum absolute atomic E-state index is 9.58. The van der Waals surface area contributed by atoms with Crippen molar-refractivity contribution in [2.24, 2.45) is 0 Å². The minimum atomic E-state index is -0.594. The lowest BCUT2D eigenvalue weighted by Crippen LogP contribution is -2.41. The lowest BCUT2D eigenvalue weighted by molar-refractivity contribution is 0.00578. The fourth-order valence-electron chi connectivity index (χ4n) is 1.86. The number of aromatic nitrogens is 1. The summed E-state index contributed by atoms with van der Waals surface area (Å²) in [5.41, 5.74) is 0.303. The van der Waals surface area contributed by atoms with Gasteiger partial charge in [-0.15, -0.1) is 0 Å². The summed E-state index contributed by atoms with van der Waals surface area (Å²) < 4.78 is 11.8. The average molecular weight is 296 g/mol. The monoisotopic (exact) mass is 295 g/mol. The van der Waals surface area contributed by atoms with E-state index in [9.17, 15) is 5.11 Å². The summed E-state index contributed by atoms with van der Waals surface area (Å²) in [7, 11) is -0.594. The van der Waals surface area contributed by atoms with Crippen LogP contribution < -0.4 is 0 Å². The highest BCUT2D eigenvalue weighted by Gasteiger charge is 2.52. The second-order valence-electron chi connectivity index (χ2n) is 5.84. The van der Waals surface area contributed by atoms with Crippen LogP contribution in [0.25, 0.3) is 6.08 Å². The lowest BCUT2D eigenvalue weighted by Gasteiger charge is -2.32. The summed E-state index contributed by atoms with van der Waals surface area (Å²) in [6, 6.07) is 3.51. The normalized spacial score (nSPS) is 21.3. The Morgan fingerprint density at radius 1 is 1.35 bits per heavy atom. The van der Waals surface area contributed by atoms with E-state index >= 15 is 0 Å². The summed E-state index contributed by atoms with van der Waals surface area (Å²) >= 11 is 6.07. The fourth-order valence-corrected chi connectivity index (χ4v) is 2.04. The van der Waals surface area contributed by atoms with Crippen molar-refractivity contribution in [3.05, 3.63) is 34.5 Å². The maximum Gasteiger partial charge on any atom is 0.492 e. The lowest BCUT2D eigenvalue weighted by atomic mass is 9.78. The van der Waals surface area contributed by atoms with Gasteiger partial charge in [-0.1, -0.05) is 11.6 Å². The van der Waals surface area contributed by atoms with Gasteiger partial charge < -0.3 is 14.4 Å². The zero-order valence-electron chi connectivity index (χ0n) is 12.2. The first-order valence-corrected chi connectivity index (χ1v) is 6.92. The van der Waals surface area contributed by atoms with Gasteiger partial charge in [0.05, 0.1) is 28.5 Å². The molecule has 0 amide bonds. The van der Waals surface area contributed by atoms with Gasteiger partial charge in [-0.25, -0.2) is 0 Å². The molecule has 20 heavy (non-hydrogen) atoms. The molecule has 1 aliphatic rings. The molecule has 6 heteroatoms. The molecule has 0 atom stereocenters. The van der Waals surface area contributed by atoms with E-state index in [1.54, 1.807) is 24.4 Å². The number of hydrogen-bond acceptors (Lipinski definition) is 4. The molecule has 1 aromatic heterocycles. The Morgan fingerprint density at radius 2 is 1.95 bits per heavy atom. The SMILES string of the molecule is CC1(C)OB(C(=Cc2ncccc2Cl)CO)OC1(C)C. The molecule has 0 aliphatic carbocycles. The number of aliphatic hydroxyl groups is 1. The van der Waals surface area contributed by atoms with Crippen molar-refractivity contribution in [2.45, 2.75) is 38.9 Å². The Kier molecular flexibility index (Phi) is 4.26. The number of rotatable bonds is 3. The topological polar surface area (TPSA) is 51.6 Å². The molecule has 0 spiro atoms. The third-order valence-electron chi connectivity index (χ3n) is 3.85. The molecule has 108 valence electrons. The second-order valence-corrected chi connectivity index (χ2v) is 6.24. The van der Waals surface area contributed by atoms with Crippen molar-refractivity contribution in [3.8, 4) is 0 Å². The van der Waals surface area contributed by atoms with Gasteiger partial charge in [-0.2, -0.15) is 0 Å². The zero-order chi connectivity index (χ0) is 15.0. The van der Waals surface area contributed by atoms with Crippen LogP contribution in [0.1, 0.15) is 33.4 Å². The molecule has 4 nitrogen and oxygen atoms in total. The van der Waals surface area contributed by atoms with Crippen LogP contribution in [0.3, 0.4) is 0 Å². The summed E-state index contributed by atoms with van der Waals surface area (Å²) in [5.74, 6) is 0. The number of halogens is 1. The molecule has 0 unspecified atom stereocenters. The fraction of sp³-hybridized carbons (Fsp3) is 0.500. The van der Waals surface area contributed by atoms with Crippen molar-refractivity contribution in [2.75, 3.05) is 6.61 Å². The van der Waals surface area contributed by atoms with E-state index < -0.39 is 18.3 Å². The van der Waals surface area contributed by atoms with E-state index in [2.05, 4.69) is 4.98 Å². The quantitative estimate of drug-likeness (QED) is 0.871. The number of aliphatic hydroxyl groups excluding tert-OH is 1. The summed E-state index contributed by atoms with van der Waals surface area (Å²) in [5, 5.41) is 10.1. The predicted octanol–water partition coefficient (Wildman–Crippen LogP) is 2.74. The van der Waals surface area contributed by atoms with Crippen molar-refractivity contribution in [1.82, 2.24) is 4.98 Å². The van der Waals surface area contributed by atoms with E-state index in [4.69, 9.17) is 20.9 Å².